The fourth-order valence-electron chi connectivity index (χ4n) is 2.46. The van der Waals surface area contributed by atoms with Crippen molar-refractivity contribution >= 4 is 23.2 Å². The van der Waals surface area contributed by atoms with Gasteiger partial charge >= 0.3 is 0 Å². The van der Waals surface area contributed by atoms with E-state index in [4.69, 9.17) is 11.6 Å². The molecule has 0 saturated carbocycles. The van der Waals surface area contributed by atoms with Crippen molar-refractivity contribution in [2.45, 2.75) is 25.3 Å². The summed E-state index contributed by atoms with van der Waals surface area (Å²) in [6.07, 6.45) is 4.19. The number of imidazole rings is 1. The highest BCUT2D eigenvalue weighted by Crippen LogP contribution is 2.24. The van der Waals surface area contributed by atoms with Gasteiger partial charge < -0.3 is 9.47 Å². The molecule has 104 valence electrons. The summed E-state index contributed by atoms with van der Waals surface area (Å²) in [6.45, 7) is 3.37. The largest absolute Gasteiger partial charge is 0.331 e. The Hall–Kier alpha value is -1.81. The molecule has 1 aliphatic rings. The minimum atomic E-state index is -0.0734. The van der Waals surface area contributed by atoms with E-state index in [-0.39, 0.29) is 11.3 Å². The van der Waals surface area contributed by atoms with Crippen LogP contribution in [0.5, 0.6) is 0 Å². The topological polar surface area (TPSA) is 38.1 Å². The van der Waals surface area contributed by atoms with Crippen molar-refractivity contribution in [1.82, 2.24) is 9.55 Å². The second-order valence-electron chi connectivity index (χ2n) is 5.07. The normalized spacial score (nSPS) is 18.8. The molecule has 2 aromatic rings. The SMILES string of the molecule is Cc1nccn1Cc1ccc(N2CC(Cl)CC2=O)cc1. The number of halogens is 1. The van der Waals surface area contributed by atoms with E-state index in [9.17, 15) is 4.79 Å². The van der Waals surface area contributed by atoms with Crippen LogP contribution in [0.2, 0.25) is 0 Å². The van der Waals surface area contributed by atoms with Crippen LogP contribution in [0.3, 0.4) is 0 Å². The predicted molar refractivity (Wildman–Crippen MR) is 79.1 cm³/mol. The molecule has 0 bridgehead atoms. The molecule has 0 spiro atoms. The lowest BCUT2D eigenvalue weighted by atomic mass is 10.2. The van der Waals surface area contributed by atoms with Crippen LogP contribution in [0, 0.1) is 6.92 Å². The molecule has 0 radical (unpaired) electrons. The molecule has 1 amide bonds. The standard InChI is InChI=1S/C15H16ClN3O/c1-11-17-6-7-18(11)9-12-2-4-14(5-3-12)19-10-13(16)8-15(19)20/h2-7,13H,8-10H2,1H3. The number of aromatic nitrogens is 2. The van der Waals surface area contributed by atoms with Crippen LogP contribution >= 0.6 is 11.6 Å². The number of nitrogens with zero attached hydrogens (tertiary/aromatic N) is 3. The molecule has 1 aliphatic heterocycles. The summed E-state index contributed by atoms with van der Waals surface area (Å²) in [4.78, 5) is 17.8. The van der Waals surface area contributed by atoms with Crippen molar-refractivity contribution in [2.75, 3.05) is 11.4 Å². The molecular weight excluding hydrogens is 274 g/mol. The molecule has 5 heteroatoms. The van der Waals surface area contributed by atoms with Gasteiger partial charge in [-0.3, -0.25) is 4.79 Å². The van der Waals surface area contributed by atoms with E-state index in [0.29, 0.717) is 13.0 Å². The number of benzene rings is 1. The first-order valence-electron chi connectivity index (χ1n) is 6.64. The Kier molecular flexibility index (Phi) is 3.49. The summed E-state index contributed by atoms with van der Waals surface area (Å²) in [5.41, 5.74) is 2.10. The van der Waals surface area contributed by atoms with E-state index >= 15 is 0 Å². The van der Waals surface area contributed by atoms with E-state index < -0.39 is 0 Å². The van der Waals surface area contributed by atoms with Crippen molar-refractivity contribution in [3.8, 4) is 0 Å². The second-order valence-corrected chi connectivity index (χ2v) is 5.69. The Morgan fingerprint density at radius 2 is 2.10 bits per heavy atom. The summed E-state index contributed by atoms with van der Waals surface area (Å²) in [6, 6.07) is 8.05. The van der Waals surface area contributed by atoms with Crippen LogP contribution in [0.1, 0.15) is 17.8 Å². The molecule has 1 aromatic carbocycles. The maximum absolute atomic E-state index is 11.8. The molecule has 20 heavy (non-hydrogen) atoms. The van der Waals surface area contributed by atoms with Crippen molar-refractivity contribution in [1.29, 1.82) is 0 Å². The molecule has 0 N–H and O–H groups in total. The van der Waals surface area contributed by atoms with Crippen LogP contribution in [-0.2, 0) is 11.3 Å². The van der Waals surface area contributed by atoms with Gasteiger partial charge in [0.15, 0.2) is 0 Å². The quantitative estimate of drug-likeness (QED) is 0.815. The summed E-state index contributed by atoms with van der Waals surface area (Å²) in [7, 11) is 0. The highest BCUT2D eigenvalue weighted by atomic mass is 35.5. The number of alkyl halides is 1. The lowest BCUT2D eigenvalue weighted by Gasteiger charge is -2.16. The highest BCUT2D eigenvalue weighted by molar-refractivity contribution is 6.24. The highest BCUT2D eigenvalue weighted by Gasteiger charge is 2.28. The minimum absolute atomic E-state index is 0.0734. The zero-order valence-corrected chi connectivity index (χ0v) is 12.0. The number of hydrogen-bond acceptors (Lipinski definition) is 2. The second kappa shape index (κ2) is 5.29. The van der Waals surface area contributed by atoms with Crippen LogP contribution in [0.25, 0.3) is 0 Å². The third-order valence-corrected chi connectivity index (χ3v) is 3.89. The number of anilines is 1. The summed E-state index contributed by atoms with van der Waals surface area (Å²) < 4.78 is 2.09. The zero-order valence-electron chi connectivity index (χ0n) is 11.3. The van der Waals surface area contributed by atoms with Crippen molar-refractivity contribution < 1.29 is 4.79 Å². The third kappa shape index (κ3) is 2.56. The number of carbonyl (C=O) groups excluding carboxylic acids is 1. The molecule has 3 rings (SSSR count). The van der Waals surface area contributed by atoms with Gasteiger partial charge in [0, 0.05) is 37.6 Å². The first kappa shape index (κ1) is 13.2. The van der Waals surface area contributed by atoms with E-state index in [1.165, 1.54) is 5.56 Å². The lowest BCUT2D eigenvalue weighted by molar-refractivity contribution is -0.117. The predicted octanol–water partition coefficient (Wildman–Crippen LogP) is 2.58. The van der Waals surface area contributed by atoms with Crippen molar-refractivity contribution in [3.63, 3.8) is 0 Å². The van der Waals surface area contributed by atoms with Crippen LogP contribution in [-0.4, -0.2) is 27.4 Å². The average molecular weight is 290 g/mol. The summed E-state index contributed by atoms with van der Waals surface area (Å²) in [5.74, 6) is 1.09. The molecule has 1 atom stereocenters. The number of rotatable bonds is 3. The van der Waals surface area contributed by atoms with Gasteiger partial charge in [-0.1, -0.05) is 12.1 Å². The fraction of sp³-hybridized carbons (Fsp3) is 0.333. The first-order chi connectivity index (χ1) is 9.63. The summed E-state index contributed by atoms with van der Waals surface area (Å²) in [5, 5.41) is -0.0734. The smallest absolute Gasteiger partial charge is 0.228 e. The Morgan fingerprint density at radius 1 is 1.35 bits per heavy atom. The lowest BCUT2D eigenvalue weighted by Crippen LogP contribution is -2.24. The summed E-state index contributed by atoms with van der Waals surface area (Å²) >= 11 is 6.02. The van der Waals surface area contributed by atoms with Gasteiger partial charge in [-0.2, -0.15) is 0 Å². The van der Waals surface area contributed by atoms with Gasteiger partial charge in [0.05, 0.1) is 5.38 Å². The molecule has 1 saturated heterocycles. The molecule has 1 fully saturated rings. The van der Waals surface area contributed by atoms with Gasteiger partial charge in [-0.15, -0.1) is 11.6 Å². The minimum Gasteiger partial charge on any atom is -0.331 e. The molecule has 4 nitrogen and oxygen atoms in total. The van der Waals surface area contributed by atoms with Gasteiger partial charge in [0.2, 0.25) is 5.91 Å². The van der Waals surface area contributed by atoms with E-state index in [0.717, 1.165) is 18.1 Å². The molecule has 2 heterocycles. The van der Waals surface area contributed by atoms with Gasteiger partial charge in [-0.05, 0) is 24.6 Å². The molecule has 0 aliphatic carbocycles. The number of carbonyl (C=O) groups is 1. The maximum Gasteiger partial charge on any atom is 0.228 e. The maximum atomic E-state index is 11.8. The molecule has 1 unspecified atom stereocenters. The monoisotopic (exact) mass is 289 g/mol. The Morgan fingerprint density at radius 3 is 2.65 bits per heavy atom. The first-order valence-corrected chi connectivity index (χ1v) is 7.08. The molecule has 1 aromatic heterocycles. The van der Waals surface area contributed by atoms with Crippen molar-refractivity contribution in [3.05, 3.63) is 48.0 Å². The number of amides is 1. The van der Waals surface area contributed by atoms with Gasteiger partial charge in [0.1, 0.15) is 5.82 Å². The number of hydrogen-bond donors (Lipinski definition) is 0. The van der Waals surface area contributed by atoms with Crippen molar-refractivity contribution in [2.24, 2.45) is 0 Å². The zero-order chi connectivity index (χ0) is 14.1. The van der Waals surface area contributed by atoms with Gasteiger partial charge in [-0.25, -0.2) is 4.98 Å². The third-order valence-electron chi connectivity index (χ3n) is 3.60. The number of aryl methyl sites for hydroxylation is 1. The van der Waals surface area contributed by atoms with E-state index in [1.54, 1.807) is 11.1 Å². The Balaban J connectivity index is 1.75. The van der Waals surface area contributed by atoms with E-state index in [2.05, 4.69) is 9.55 Å². The van der Waals surface area contributed by atoms with Crippen LogP contribution in [0.4, 0.5) is 5.69 Å². The van der Waals surface area contributed by atoms with E-state index in [1.807, 2.05) is 37.4 Å². The Labute approximate surface area is 123 Å². The Bertz CT molecular complexity index is 620. The average Bonchev–Trinajstić information content (AvgIpc) is 2.97. The fourth-order valence-corrected chi connectivity index (χ4v) is 2.73. The van der Waals surface area contributed by atoms with Gasteiger partial charge in [0.25, 0.3) is 0 Å². The molecular formula is C15H16ClN3O. The van der Waals surface area contributed by atoms with Crippen LogP contribution in [0.15, 0.2) is 36.7 Å². The van der Waals surface area contributed by atoms with Crippen LogP contribution < -0.4 is 4.90 Å².